The molecule has 0 saturated heterocycles. The van der Waals surface area contributed by atoms with Crippen molar-refractivity contribution in [3.8, 4) is 5.75 Å². The fraction of sp³-hybridized carbons (Fsp3) is 0.467. The second-order valence-electron chi connectivity index (χ2n) is 4.68. The van der Waals surface area contributed by atoms with E-state index in [2.05, 4.69) is 10.6 Å². The third-order valence-electron chi connectivity index (χ3n) is 3.01. The molecular weight excluding hydrogens is 272 g/mol. The van der Waals surface area contributed by atoms with E-state index in [4.69, 9.17) is 9.84 Å². The molecule has 2 amide bonds. The molecule has 0 fully saturated rings. The summed E-state index contributed by atoms with van der Waals surface area (Å²) < 4.78 is 5.12. The standard InChI is InChI=1S/C15H22N2O4/c1-3-5-13(14(18)19)17-15(20)16-9-8-11-6-4-7-12(10-11)21-2/h4,6-7,10,13H,3,5,8-9H2,1-2H3,(H,18,19)(H2,16,17,20). The molecule has 0 heterocycles. The Kier molecular flexibility index (Phi) is 7.08. The summed E-state index contributed by atoms with van der Waals surface area (Å²) in [7, 11) is 1.60. The quantitative estimate of drug-likeness (QED) is 0.682. The van der Waals surface area contributed by atoms with E-state index in [1.54, 1.807) is 7.11 Å². The van der Waals surface area contributed by atoms with Crippen molar-refractivity contribution in [3.05, 3.63) is 29.8 Å². The van der Waals surface area contributed by atoms with E-state index >= 15 is 0 Å². The van der Waals surface area contributed by atoms with Gasteiger partial charge in [0.2, 0.25) is 0 Å². The Hall–Kier alpha value is -2.24. The van der Waals surface area contributed by atoms with Crippen LogP contribution < -0.4 is 15.4 Å². The van der Waals surface area contributed by atoms with Gasteiger partial charge in [-0.05, 0) is 30.5 Å². The maximum Gasteiger partial charge on any atom is 0.326 e. The molecule has 1 aromatic rings. The maximum atomic E-state index is 11.6. The molecule has 0 radical (unpaired) electrons. The van der Waals surface area contributed by atoms with Crippen molar-refractivity contribution in [2.75, 3.05) is 13.7 Å². The van der Waals surface area contributed by atoms with Gasteiger partial charge in [0.1, 0.15) is 11.8 Å². The molecule has 1 aromatic carbocycles. The van der Waals surface area contributed by atoms with Gasteiger partial charge in [0.15, 0.2) is 0 Å². The Morgan fingerprint density at radius 1 is 1.38 bits per heavy atom. The van der Waals surface area contributed by atoms with Crippen molar-refractivity contribution in [2.45, 2.75) is 32.2 Å². The van der Waals surface area contributed by atoms with E-state index < -0.39 is 18.0 Å². The van der Waals surface area contributed by atoms with Gasteiger partial charge in [-0.1, -0.05) is 25.5 Å². The lowest BCUT2D eigenvalue weighted by Crippen LogP contribution is -2.46. The van der Waals surface area contributed by atoms with Crippen LogP contribution in [0.25, 0.3) is 0 Å². The number of carbonyl (C=O) groups is 2. The fourth-order valence-electron chi connectivity index (χ4n) is 1.90. The van der Waals surface area contributed by atoms with Gasteiger partial charge in [-0.15, -0.1) is 0 Å². The highest BCUT2D eigenvalue weighted by Crippen LogP contribution is 2.12. The van der Waals surface area contributed by atoms with Gasteiger partial charge in [-0.3, -0.25) is 0 Å². The number of nitrogens with one attached hydrogen (secondary N) is 2. The van der Waals surface area contributed by atoms with Crippen LogP contribution in [-0.2, 0) is 11.2 Å². The Bertz CT molecular complexity index is 476. The summed E-state index contributed by atoms with van der Waals surface area (Å²) in [6.07, 6.45) is 1.76. The smallest absolute Gasteiger partial charge is 0.326 e. The molecular formula is C15H22N2O4. The normalized spacial score (nSPS) is 11.5. The van der Waals surface area contributed by atoms with Gasteiger partial charge in [-0.2, -0.15) is 0 Å². The lowest BCUT2D eigenvalue weighted by molar-refractivity contribution is -0.139. The van der Waals surface area contributed by atoms with E-state index in [0.717, 1.165) is 11.3 Å². The molecule has 6 nitrogen and oxygen atoms in total. The largest absolute Gasteiger partial charge is 0.497 e. The Balaban J connectivity index is 2.37. The van der Waals surface area contributed by atoms with Crippen LogP contribution in [-0.4, -0.2) is 36.8 Å². The number of rotatable bonds is 8. The first kappa shape index (κ1) is 16.8. The highest BCUT2D eigenvalue weighted by molar-refractivity contribution is 5.82. The molecule has 1 unspecified atom stereocenters. The van der Waals surface area contributed by atoms with Gasteiger partial charge in [0.05, 0.1) is 7.11 Å². The molecule has 21 heavy (non-hydrogen) atoms. The highest BCUT2D eigenvalue weighted by Gasteiger charge is 2.18. The summed E-state index contributed by atoms with van der Waals surface area (Å²) in [5.74, 6) is -0.245. The summed E-state index contributed by atoms with van der Waals surface area (Å²) in [5.41, 5.74) is 1.04. The van der Waals surface area contributed by atoms with Crippen LogP contribution in [0.15, 0.2) is 24.3 Å². The Morgan fingerprint density at radius 2 is 2.14 bits per heavy atom. The fourth-order valence-corrected chi connectivity index (χ4v) is 1.90. The lowest BCUT2D eigenvalue weighted by atomic mass is 10.1. The monoisotopic (exact) mass is 294 g/mol. The number of methoxy groups -OCH3 is 1. The molecule has 0 aromatic heterocycles. The molecule has 1 atom stereocenters. The molecule has 0 aliphatic rings. The van der Waals surface area contributed by atoms with Gasteiger partial charge in [0.25, 0.3) is 0 Å². The van der Waals surface area contributed by atoms with Crippen molar-refractivity contribution < 1.29 is 19.4 Å². The number of hydrogen-bond donors (Lipinski definition) is 3. The highest BCUT2D eigenvalue weighted by atomic mass is 16.5. The van der Waals surface area contributed by atoms with Crippen LogP contribution in [0.3, 0.4) is 0 Å². The molecule has 6 heteroatoms. The number of ether oxygens (including phenoxy) is 1. The molecule has 1 rings (SSSR count). The molecule has 0 spiro atoms. The minimum Gasteiger partial charge on any atom is -0.497 e. The van der Waals surface area contributed by atoms with Gasteiger partial charge in [0, 0.05) is 6.54 Å². The Morgan fingerprint density at radius 3 is 2.76 bits per heavy atom. The van der Waals surface area contributed by atoms with E-state index in [0.29, 0.717) is 25.8 Å². The van der Waals surface area contributed by atoms with Gasteiger partial charge < -0.3 is 20.5 Å². The number of hydrogen-bond acceptors (Lipinski definition) is 3. The number of carboxylic acid groups (broad SMARTS) is 1. The number of amides is 2. The number of carbonyl (C=O) groups excluding carboxylic acids is 1. The van der Waals surface area contributed by atoms with E-state index in [1.165, 1.54) is 0 Å². The average Bonchev–Trinajstić information content (AvgIpc) is 2.47. The van der Waals surface area contributed by atoms with Crippen LogP contribution in [0.5, 0.6) is 5.75 Å². The van der Waals surface area contributed by atoms with Crippen LogP contribution >= 0.6 is 0 Å². The van der Waals surface area contributed by atoms with Crippen molar-refractivity contribution in [3.63, 3.8) is 0 Å². The van der Waals surface area contributed by atoms with Crippen molar-refractivity contribution in [2.24, 2.45) is 0 Å². The van der Waals surface area contributed by atoms with Crippen LogP contribution in [0.2, 0.25) is 0 Å². The predicted molar refractivity (Wildman–Crippen MR) is 79.6 cm³/mol. The summed E-state index contributed by atoms with van der Waals surface area (Å²) in [4.78, 5) is 22.6. The van der Waals surface area contributed by atoms with Gasteiger partial charge in [-0.25, -0.2) is 9.59 Å². The molecule has 3 N–H and O–H groups in total. The second-order valence-corrected chi connectivity index (χ2v) is 4.68. The maximum absolute atomic E-state index is 11.6. The third-order valence-corrected chi connectivity index (χ3v) is 3.01. The summed E-state index contributed by atoms with van der Waals surface area (Å²) in [5, 5.41) is 14.1. The average molecular weight is 294 g/mol. The molecule has 0 aliphatic heterocycles. The molecule has 0 aliphatic carbocycles. The first-order chi connectivity index (χ1) is 10.1. The first-order valence-electron chi connectivity index (χ1n) is 6.97. The van der Waals surface area contributed by atoms with E-state index in [9.17, 15) is 9.59 Å². The second kappa shape index (κ2) is 8.84. The van der Waals surface area contributed by atoms with Gasteiger partial charge >= 0.3 is 12.0 Å². The van der Waals surface area contributed by atoms with Crippen LogP contribution in [0.1, 0.15) is 25.3 Å². The van der Waals surface area contributed by atoms with E-state index in [1.807, 2.05) is 31.2 Å². The van der Waals surface area contributed by atoms with Crippen LogP contribution in [0.4, 0.5) is 4.79 Å². The number of benzene rings is 1. The molecule has 0 saturated carbocycles. The topological polar surface area (TPSA) is 87.7 Å². The summed E-state index contributed by atoms with van der Waals surface area (Å²) in [6.45, 7) is 2.30. The summed E-state index contributed by atoms with van der Waals surface area (Å²) in [6, 6.07) is 6.28. The summed E-state index contributed by atoms with van der Waals surface area (Å²) >= 11 is 0. The molecule has 0 bridgehead atoms. The molecule has 116 valence electrons. The van der Waals surface area contributed by atoms with E-state index in [-0.39, 0.29) is 0 Å². The lowest BCUT2D eigenvalue weighted by Gasteiger charge is -2.14. The predicted octanol–water partition coefficient (Wildman–Crippen LogP) is 1.79. The van der Waals surface area contributed by atoms with Crippen molar-refractivity contribution in [1.82, 2.24) is 10.6 Å². The van der Waals surface area contributed by atoms with Crippen molar-refractivity contribution in [1.29, 1.82) is 0 Å². The first-order valence-corrected chi connectivity index (χ1v) is 6.97. The Labute approximate surface area is 124 Å². The third kappa shape index (κ3) is 6.16. The van der Waals surface area contributed by atoms with Crippen LogP contribution in [0, 0.1) is 0 Å². The number of aliphatic carboxylic acids is 1. The zero-order valence-corrected chi connectivity index (χ0v) is 12.4. The number of carboxylic acids is 1. The SMILES string of the molecule is CCCC(NC(=O)NCCc1cccc(OC)c1)C(=O)O. The minimum absolute atomic E-state index is 0.415. The number of urea groups is 1. The zero-order chi connectivity index (χ0) is 15.7. The van der Waals surface area contributed by atoms with Crippen molar-refractivity contribution >= 4 is 12.0 Å². The minimum atomic E-state index is -1.01. The zero-order valence-electron chi connectivity index (χ0n) is 12.4.